The van der Waals surface area contributed by atoms with Crippen LogP contribution in [-0.2, 0) is 16.6 Å². The molecule has 1 heterocycles. The maximum absolute atomic E-state index is 11.8. The van der Waals surface area contributed by atoms with Crippen LogP contribution in [0.15, 0.2) is 36.7 Å². The summed E-state index contributed by atoms with van der Waals surface area (Å²) in [5, 5.41) is 4.41. The highest BCUT2D eigenvalue weighted by Gasteiger charge is 2.13. The van der Waals surface area contributed by atoms with Crippen molar-refractivity contribution in [3.8, 4) is 5.69 Å². The average molecular weight is 350 g/mol. The topological polar surface area (TPSA) is 58.4 Å². The molecule has 0 bridgehead atoms. The van der Waals surface area contributed by atoms with Gasteiger partial charge in [-0.15, -0.1) is 0 Å². The van der Waals surface area contributed by atoms with Crippen LogP contribution in [0.4, 0.5) is 0 Å². The lowest BCUT2D eigenvalue weighted by Crippen LogP contribution is -2.28. The summed E-state index contributed by atoms with van der Waals surface area (Å²) in [6.07, 6.45) is 4.49. The van der Waals surface area contributed by atoms with E-state index in [4.69, 9.17) is 0 Å². The largest absolute Gasteiger partial charge is 0.302 e. The van der Waals surface area contributed by atoms with Gasteiger partial charge in [0.05, 0.1) is 17.6 Å². The van der Waals surface area contributed by atoms with E-state index in [1.54, 1.807) is 14.1 Å². The van der Waals surface area contributed by atoms with Crippen molar-refractivity contribution < 1.29 is 8.42 Å². The Hall–Kier alpha value is -1.70. The summed E-state index contributed by atoms with van der Waals surface area (Å²) in [6, 6.07) is 8.19. The van der Waals surface area contributed by atoms with Gasteiger partial charge >= 0.3 is 0 Å². The molecule has 0 unspecified atom stereocenters. The molecule has 0 saturated heterocycles. The van der Waals surface area contributed by atoms with Gasteiger partial charge in [0.15, 0.2) is 0 Å². The van der Waals surface area contributed by atoms with Crippen molar-refractivity contribution in [1.82, 2.24) is 19.0 Å². The van der Waals surface area contributed by atoms with Crippen molar-refractivity contribution >= 4 is 10.0 Å². The summed E-state index contributed by atoms with van der Waals surface area (Å²) in [5.74, 6) is 0.174. The number of aromatic nitrogens is 2. The van der Waals surface area contributed by atoms with Crippen LogP contribution in [0.2, 0.25) is 0 Å². The zero-order chi connectivity index (χ0) is 17.7. The molecule has 0 saturated carbocycles. The molecule has 2 rings (SSSR count). The Kier molecular flexibility index (Phi) is 6.15. The predicted molar refractivity (Wildman–Crippen MR) is 96.7 cm³/mol. The molecule has 0 aliphatic heterocycles. The minimum absolute atomic E-state index is 0.174. The molecule has 0 aliphatic rings. The Morgan fingerprint density at radius 3 is 2.62 bits per heavy atom. The lowest BCUT2D eigenvalue weighted by atomic mass is 10.2. The highest BCUT2D eigenvalue weighted by molar-refractivity contribution is 7.89. The van der Waals surface area contributed by atoms with E-state index in [2.05, 4.69) is 29.1 Å². The van der Waals surface area contributed by atoms with E-state index >= 15 is 0 Å². The molecule has 0 N–H and O–H groups in total. The van der Waals surface area contributed by atoms with Gasteiger partial charge < -0.3 is 4.90 Å². The molecule has 0 fully saturated rings. The minimum atomic E-state index is -3.11. The second kappa shape index (κ2) is 7.92. The number of nitrogens with zero attached hydrogens (tertiary/aromatic N) is 4. The second-order valence-electron chi connectivity index (χ2n) is 6.32. The van der Waals surface area contributed by atoms with E-state index in [9.17, 15) is 8.42 Å². The molecule has 6 nitrogen and oxygen atoms in total. The third-order valence-corrected chi connectivity index (χ3v) is 5.77. The summed E-state index contributed by atoms with van der Waals surface area (Å²) in [7, 11) is 2.02. The third kappa shape index (κ3) is 5.15. The molecule has 0 aliphatic carbocycles. The van der Waals surface area contributed by atoms with Gasteiger partial charge in [-0.3, -0.25) is 0 Å². The molecule has 0 atom stereocenters. The predicted octanol–water partition coefficient (Wildman–Crippen LogP) is 1.89. The molecule has 0 spiro atoms. The Morgan fingerprint density at radius 2 is 1.96 bits per heavy atom. The molecule has 24 heavy (non-hydrogen) atoms. The SMILES string of the molecule is Cc1cccc(-n2cc(CN(C)CCCS(=O)(=O)N(C)C)cn2)c1. The molecule has 2 aromatic rings. The fourth-order valence-corrected chi connectivity index (χ4v) is 3.30. The Bertz CT molecular complexity index is 768. The summed E-state index contributed by atoms with van der Waals surface area (Å²) in [5.41, 5.74) is 3.35. The zero-order valence-corrected chi connectivity index (χ0v) is 15.6. The normalized spacial score (nSPS) is 12.2. The Balaban J connectivity index is 1.88. The van der Waals surface area contributed by atoms with Gasteiger partial charge in [0, 0.05) is 32.4 Å². The van der Waals surface area contributed by atoms with Crippen molar-refractivity contribution in [2.24, 2.45) is 0 Å². The molecule has 1 aromatic heterocycles. The van der Waals surface area contributed by atoms with Gasteiger partial charge in [0.25, 0.3) is 0 Å². The van der Waals surface area contributed by atoms with Gasteiger partial charge in [0.2, 0.25) is 10.0 Å². The lowest BCUT2D eigenvalue weighted by Gasteiger charge is -2.16. The van der Waals surface area contributed by atoms with Crippen molar-refractivity contribution in [3.05, 3.63) is 47.8 Å². The number of sulfonamides is 1. The standard InChI is InChI=1S/C17H26N4O2S/c1-15-7-5-8-17(11-15)21-14-16(12-18-21)13-20(4)9-6-10-24(22,23)19(2)3/h5,7-8,11-12,14H,6,9-10,13H2,1-4H3. The first-order chi connectivity index (χ1) is 11.3. The van der Waals surface area contributed by atoms with Crippen LogP contribution in [0.25, 0.3) is 5.69 Å². The highest BCUT2D eigenvalue weighted by Crippen LogP contribution is 2.11. The van der Waals surface area contributed by atoms with Crippen LogP contribution in [0.3, 0.4) is 0 Å². The van der Waals surface area contributed by atoms with Crippen molar-refractivity contribution in [2.75, 3.05) is 33.4 Å². The van der Waals surface area contributed by atoms with E-state index < -0.39 is 10.0 Å². The molecule has 0 radical (unpaired) electrons. The third-order valence-electron chi connectivity index (χ3n) is 3.85. The minimum Gasteiger partial charge on any atom is -0.302 e. The van der Waals surface area contributed by atoms with E-state index in [1.807, 2.05) is 36.3 Å². The smallest absolute Gasteiger partial charge is 0.213 e. The van der Waals surface area contributed by atoms with Gasteiger partial charge in [-0.2, -0.15) is 5.10 Å². The summed E-state index contributed by atoms with van der Waals surface area (Å²) in [4.78, 5) is 2.11. The van der Waals surface area contributed by atoms with Crippen molar-refractivity contribution in [1.29, 1.82) is 0 Å². The van der Waals surface area contributed by atoms with E-state index in [0.29, 0.717) is 6.42 Å². The number of benzene rings is 1. The van der Waals surface area contributed by atoms with E-state index in [-0.39, 0.29) is 5.75 Å². The average Bonchev–Trinajstić information content (AvgIpc) is 2.95. The van der Waals surface area contributed by atoms with Gasteiger partial charge in [-0.25, -0.2) is 17.4 Å². The first kappa shape index (κ1) is 18.6. The molecule has 7 heteroatoms. The van der Waals surface area contributed by atoms with Gasteiger partial charge in [-0.05, 0) is 44.6 Å². The van der Waals surface area contributed by atoms with Crippen LogP contribution in [-0.4, -0.2) is 60.8 Å². The molecule has 0 amide bonds. The number of aryl methyl sites for hydroxylation is 1. The van der Waals surface area contributed by atoms with Gasteiger partial charge in [-0.1, -0.05) is 12.1 Å². The zero-order valence-electron chi connectivity index (χ0n) is 14.8. The Morgan fingerprint density at radius 1 is 1.21 bits per heavy atom. The van der Waals surface area contributed by atoms with E-state index in [1.165, 1.54) is 9.87 Å². The Labute approximate surface area is 144 Å². The fraction of sp³-hybridized carbons (Fsp3) is 0.471. The number of hydrogen-bond donors (Lipinski definition) is 0. The molecular weight excluding hydrogens is 324 g/mol. The first-order valence-corrected chi connectivity index (χ1v) is 9.58. The highest BCUT2D eigenvalue weighted by atomic mass is 32.2. The molecule has 132 valence electrons. The fourth-order valence-electron chi connectivity index (χ4n) is 2.44. The maximum atomic E-state index is 11.8. The second-order valence-corrected chi connectivity index (χ2v) is 8.62. The number of hydrogen-bond acceptors (Lipinski definition) is 4. The summed E-state index contributed by atoms with van der Waals surface area (Å²) >= 11 is 0. The number of rotatable bonds is 8. The van der Waals surface area contributed by atoms with E-state index in [0.717, 1.165) is 24.3 Å². The van der Waals surface area contributed by atoms with Gasteiger partial charge in [0.1, 0.15) is 0 Å². The molecular formula is C17H26N4O2S. The van der Waals surface area contributed by atoms with Crippen molar-refractivity contribution in [3.63, 3.8) is 0 Å². The quantitative estimate of drug-likeness (QED) is 0.729. The van der Waals surface area contributed by atoms with Crippen LogP contribution < -0.4 is 0 Å². The summed E-state index contributed by atoms with van der Waals surface area (Å²) in [6.45, 7) is 3.53. The molecule has 1 aromatic carbocycles. The van der Waals surface area contributed by atoms with Crippen LogP contribution in [0, 0.1) is 6.92 Å². The van der Waals surface area contributed by atoms with Crippen molar-refractivity contribution in [2.45, 2.75) is 19.9 Å². The van der Waals surface area contributed by atoms with Crippen LogP contribution in [0.1, 0.15) is 17.5 Å². The lowest BCUT2D eigenvalue weighted by molar-refractivity contribution is 0.327. The first-order valence-electron chi connectivity index (χ1n) is 7.97. The maximum Gasteiger partial charge on any atom is 0.213 e. The van der Waals surface area contributed by atoms with Crippen LogP contribution in [0.5, 0.6) is 0 Å². The summed E-state index contributed by atoms with van der Waals surface area (Å²) < 4.78 is 26.6. The monoisotopic (exact) mass is 350 g/mol. The van der Waals surface area contributed by atoms with Crippen LogP contribution >= 0.6 is 0 Å².